The van der Waals surface area contributed by atoms with Crippen LogP contribution in [0.4, 0.5) is 5.69 Å². The van der Waals surface area contributed by atoms with Crippen LogP contribution >= 0.6 is 0 Å². The lowest BCUT2D eigenvalue weighted by atomic mass is 10.2. The van der Waals surface area contributed by atoms with Crippen LogP contribution < -0.4 is 4.72 Å². The molecule has 2 N–H and O–H groups in total. The lowest BCUT2D eigenvalue weighted by Crippen LogP contribution is -2.12. The fraction of sp³-hybridized carbons (Fsp3) is 0.0667. The fourth-order valence-electron chi connectivity index (χ4n) is 2.15. The summed E-state index contributed by atoms with van der Waals surface area (Å²) in [5, 5.41) is 0.982. The van der Waals surface area contributed by atoms with Gasteiger partial charge in [0.25, 0.3) is 10.0 Å². The van der Waals surface area contributed by atoms with Gasteiger partial charge in [-0.1, -0.05) is 18.2 Å². The molecule has 0 spiro atoms. The Labute approximate surface area is 117 Å². The average Bonchev–Trinajstić information content (AvgIpc) is 2.79. The minimum Gasteiger partial charge on any atom is -0.359 e. The van der Waals surface area contributed by atoms with E-state index in [-0.39, 0.29) is 4.90 Å². The number of aromatic nitrogens is 1. The van der Waals surface area contributed by atoms with E-state index in [4.69, 9.17) is 0 Å². The maximum atomic E-state index is 12.2. The molecule has 0 aliphatic heterocycles. The van der Waals surface area contributed by atoms with Crippen LogP contribution in [0.25, 0.3) is 10.9 Å². The molecule has 5 heteroatoms. The van der Waals surface area contributed by atoms with Crippen molar-refractivity contribution in [3.05, 3.63) is 60.3 Å². The summed E-state index contributed by atoms with van der Waals surface area (Å²) < 4.78 is 27.0. The first-order valence-corrected chi connectivity index (χ1v) is 7.70. The van der Waals surface area contributed by atoms with Crippen LogP contribution in [0.15, 0.2) is 59.5 Å². The van der Waals surface area contributed by atoms with Gasteiger partial charge in [0.2, 0.25) is 0 Å². The zero-order valence-electron chi connectivity index (χ0n) is 10.9. The second-order valence-electron chi connectivity index (χ2n) is 4.67. The lowest BCUT2D eigenvalue weighted by molar-refractivity contribution is 0.601. The molecule has 1 aromatic heterocycles. The van der Waals surface area contributed by atoms with Gasteiger partial charge in [0.05, 0.1) is 4.90 Å². The van der Waals surface area contributed by atoms with Crippen LogP contribution in [0.2, 0.25) is 0 Å². The standard InChI is InChI=1S/C15H14N2O2S/c1-11-9-12-10-13(7-8-15(12)16-11)17-20(18,19)14-5-3-2-4-6-14/h2-10,16-17H,1H3. The molecule has 0 unspecified atom stereocenters. The molecule has 102 valence electrons. The third-order valence-corrected chi connectivity index (χ3v) is 4.46. The van der Waals surface area contributed by atoms with E-state index in [1.54, 1.807) is 36.4 Å². The Morgan fingerprint density at radius 1 is 1.00 bits per heavy atom. The van der Waals surface area contributed by atoms with Crippen molar-refractivity contribution in [3.8, 4) is 0 Å². The Kier molecular flexibility index (Phi) is 2.99. The average molecular weight is 286 g/mol. The quantitative estimate of drug-likeness (QED) is 0.776. The van der Waals surface area contributed by atoms with Gasteiger partial charge in [0, 0.05) is 22.3 Å². The van der Waals surface area contributed by atoms with Crippen molar-refractivity contribution in [2.75, 3.05) is 4.72 Å². The molecule has 0 bridgehead atoms. The first kappa shape index (κ1) is 12.7. The molecule has 0 aliphatic rings. The predicted molar refractivity (Wildman–Crippen MR) is 80.3 cm³/mol. The molecule has 1 heterocycles. The topological polar surface area (TPSA) is 62.0 Å². The summed E-state index contributed by atoms with van der Waals surface area (Å²) >= 11 is 0. The number of aryl methyl sites for hydroxylation is 1. The smallest absolute Gasteiger partial charge is 0.261 e. The number of rotatable bonds is 3. The van der Waals surface area contributed by atoms with Crippen LogP contribution in [0.1, 0.15) is 5.69 Å². The molecule has 3 aromatic rings. The monoisotopic (exact) mass is 286 g/mol. The molecule has 2 aromatic carbocycles. The summed E-state index contributed by atoms with van der Waals surface area (Å²) in [6.45, 7) is 1.97. The third kappa shape index (κ3) is 2.40. The Morgan fingerprint density at radius 3 is 2.50 bits per heavy atom. The van der Waals surface area contributed by atoms with Crippen molar-refractivity contribution in [2.45, 2.75) is 11.8 Å². The van der Waals surface area contributed by atoms with Gasteiger partial charge in [0.15, 0.2) is 0 Å². The van der Waals surface area contributed by atoms with E-state index in [1.165, 1.54) is 0 Å². The van der Waals surface area contributed by atoms with E-state index < -0.39 is 10.0 Å². The molecule has 20 heavy (non-hydrogen) atoms. The van der Waals surface area contributed by atoms with Gasteiger partial charge >= 0.3 is 0 Å². The van der Waals surface area contributed by atoms with Crippen molar-refractivity contribution in [1.82, 2.24) is 4.98 Å². The number of hydrogen-bond acceptors (Lipinski definition) is 2. The van der Waals surface area contributed by atoms with E-state index in [9.17, 15) is 8.42 Å². The van der Waals surface area contributed by atoms with Crippen LogP contribution in [-0.2, 0) is 10.0 Å². The maximum absolute atomic E-state index is 12.2. The molecule has 0 amide bonds. The van der Waals surface area contributed by atoms with Gasteiger partial charge in [-0.25, -0.2) is 8.42 Å². The van der Waals surface area contributed by atoms with Crippen LogP contribution in [0, 0.1) is 6.92 Å². The Hall–Kier alpha value is -2.27. The third-order valence-electron chi connectivity index (χ3n) is 3.06. The summed E-state index contributed by atoms with van der Waals surface area (Å²) in [6, 6.07) is 15.7. The zero-order valence-corrected chi connectivity index (χ0v) is 11.7. The second kappa shape index (κ2) is 4.68. The van der Waals surface area contributed by atoms with Crippen molar-refractivity contribution >= 4 is 26.6 Å². The molecule has 3 rings (SSSR count). The molecule has 0 saturated heterocycles. The zero-order chi connectivity index (χ0) is 14.2. The molecule has 0 radical (unpaired) electrons. The van der Waals surface area contributed by atoms with E-state index in [0.29, 0.717) is 5.69 Å². The van der Waals surface area contributed by atoms with E-state index in [0.717, 1.165) is 16.6 Å². The van der Waals surface area contributed by atoms with E-state index in [1.807, 2.05) is 25.1 Å². The molecular weight excluding hydrogens is 272 g/mol. The van der Waals surface area contributed by atoms with Gasteiger partial charge in [0.1, 0.15) is 0 Å². The highest BCUT2D eigenvalue weighted by molar-refractivity contribution is 7.92. The van der Waals surface area contributed by atoms with E-state index in [2.05, 4.69) is 9.71 Å². The maximum Gasteiger partial charge on any atom is 0.261 e. The summed E-state index contributed by atoms with van der Waals surface area (Å²) in [6.07, 6.45) is 0. The molecule has 0 saturated carbocycles. The van der Waals surface area contributed by atoms with Crippen molar-refractivity contribution < 1.29 is 8.42 Å². The second-order valence-corrected chi connectivity index (χ2v) is 6.36. The number of nitrogens with one attached hydrogen (secondary N) is 2. The van der Waals surface area contributed by atoms with E-state index >= 15 is 0 Å². The highest BCUT2D eigenvalue weighted by atomic mass is 32.2. The van der Waals surface area contributed by atoms with Crippen molar-refractivity contribution in [2.24, 2.45) is 0 Å². The number of sulfonamides is 1. The molecule has 4 nitrogen and oxygen atoms in total. The highest BCUT2D eigenvalue weighted by Crippen LogP contribution is 2.22. The molecule has 0 fully saturated rings. The van der Waals surface area contributed by atoms with Gasteiger partial charge in [-0.2, -0.15) is 0 Å². The largest absolute Gasteiger partial charge is 0.359 e. The Morgan fingerprint density at radius 2 is 1.75 bits per heavy atom. The predicted octanol–water partition coefficient (Wildman–Crippen LogP) is 3.28. The number of aromatic amines is 1. The van der Waals surface area contributed by atoms with Gasteiger partial charge in [-0.15, -0.1) is 0 Å². The minimum absolute atomic E-state index is 0.255. The first-order valence-electron chi connectivity index (χ1n) is 6.22. The Bertz CT molecular complexity index is 852. The molecule has 0 atom stereocenters. The lowest BCUT2D eigenvalue weighted by Gasteiger charge is -2.08. The van der Waals surface area contributed by atoms with Gasteiger partial charge in [-0.3, -0.25) is 4.72 Å². The molecular formula is C15H14N2O2S. The van der Waals surface area contributed by atoms with Crippen LogP contribution in [0.5, 0.6) is 0 Å². The number of anilines is 1. The number of H-pyrrole nitrogens is 1. The SMILES string of the molecule is Cc1cc2cc(NS(=O)(=O)c3ccccc3)ccc2[nH]1. The first-order chi connectivity index (χ1) is 9.54. The fourth-order valence-corrected chi connectivity index (χ4v) is 3.23. The summed E-state index contributed by atoms with van der Waals surface area (Å²) in [5.74, 6) is 0. The number of fused-ring (bicyclic) bond motifs is 1. The summed E-state index contributed by atoms with van der Waals surface area (Å²) in [5.41, 5.74) is 2.59. The molecule has 0 aliphatic carbocycles. The van der Waals surface area contributed by atoms with Gasteiger partial charge in [-0.05, 0) is 43.3 Å². The van der Waals surface area contributed by atoms with Crippen LogP contribution in [0.3, 0.4) is 0 Å². The Balaban J connectivity index is 1.96. The summed E-state index contributed by atoms with van der Waals surface area (Å²) in [4.78, 5) is 3.46. The normalized spacial score (nSPS) is 11.7. The van der Waals surface area contributed by atoms with Crippen molar-refractivity contribution in [1.29, 1.82) is 0 Å². The highest BCUT2D eigenvalue weighted by Gasteiger charge is 2.13. The van der Waals surface area contributed by atoms with Crippen molar-refractivity contribution in [3.63, 3.8) is 0 Å². The number of benzene rings is 2. The number of hydrogen-bond donors (Lipinski definition) is 2. The van der Waals surface area contributed by atoms with Crippen LogP contribution in [-0.4, -0.2) is 13.4 Å². The minimum atomic E-state index is -3.54. The van der Waals surface area contributed by atoms with Gasteiger partial charge < -0.3 is 4.98 Å². The summed E-state index contributed by atoms with van der Waals surface area (Å²) in [7, 11) is -3.54.